The van der Waals surface area contributed by atoms with Crippen LogP contribution >= 0.6 is 12.2 Å². The molecule has 1 heterocycles. The molecule has 0 amide bonds. The highest BCUT2D eigenvalue weighted by Gasteiger charge is 2.07. The second-order valence-electron chi connectivity index (χ2n) is 4.69. The van der Waals surface area contributed by atoms with Crippen molar-refractivity contribution in [2.75, 3.05) is 0 Å². The minimum atomic E-state index is 0.563. The number of aryl methyl sites for hydroxylation is 1. The fraction of sp³-hybridized carbons (Fsp3) is 0.400. The molecule has 1 atom stereocenters. The van der Waals surface area contributed by atoms with Gasteiger partial charge in [0.05, 0.1) is 0 Å². The van der Waals surface area contributed by atoms with Gasteiger partial charge in [-0.3, -0.25) is 0 Å². The van der Waals surface area contributed by atoms with Crippen molar-refractivity contribution in [3.63, 3.8) is 0 Å². The number of rotatable bonds is 5. The standard InChI is InChI=1S/C15H20N2S/c1-3-14-11-16-15(18)17(14)10-9-12(2)13-7-5-4-6-8-13/h4-8,11-12H,3,9-10H2,1-2H3,(H,16,18). The molecule has 1 aromatic carbocycles. The molecule has 0 saturated carbocycles. The van der Waals surface area contributed by atoms with Crippen LogP contribution in [-0.2, 0) is 13.0 Å². The lowest BCUT2D eigenvalue weighted by Gasteiger charge is -2.13. The molecule has 96 valence electrons. The van der Waals surface area contributed by atoms with Crippen molar-refractivity contribution in [2.45, 2.75) is 39.2 Å². The molecule has 0 aliphatic heterocycles. The third-order valence-corrected chi connectivity index (χ3v) is 3.81. The zero-order chi connectivity index (χ0) is 13.0. The molecule has 2 nitrogen and oxygen atoms in total. The second-order valence-corrected chi connectivity index (χ2v) is 5.08. The van der Waals surface area contributed by atoms with Crippen LogP contribution in [0.4, 0.5) is 0 Å². The van der Waals surface area contributed by atoms with Crippen molar-refractivity contribution in [1.29, 1.82) is 0 Å². The SMILES string of the molecule is CCc1c[nH]c(=S)n1CCC(C)c1ccccc1. The highest BCUT2D eigenvalue weighted by molar-refractivity contribution is 7.71. The van der Waals surface area contributed by atoms with Crippen molar-refractivity contribution < 1.29 is 0 Å². The lowest BCUT2D eigenvalue weighted by molar-refractivity contribution is 0.558. The van der Waals surface area contributed by atoms with E-state index in [-0.39, 0.29) is 0 Å². The molecular formula is C15H20N2S. The summed E-state index contributed by atoms with van der Waals surface area (Å²) in [6, 6.07) is 10.7. The first kappa shape index (κ1) is 13.1. The van der Waals surface area contributed by atoms with Gasteiger partial charge in [0.2, 0.25) is 0 Å². The van der Waals surface area contributed by atoms with E-state index in [9.17, 15) is 0 Å². The maximum atomic E-state index is 5.32. The number of hydrogen-bond donors (Lipinski definition) is 1. The summed E-state index contributed by atoms with van der Waals surface area (Å²) in [5.41, 5.74) is 2.69. The Balaban J connectivity index is 2.04. The summed E-state index contributed by atoms with van der Waals surface area (Å²) >= 11 is 5.32. The lowest BCUT2D eigenvalue weighted by Crippen LogP contribution is -2.06. The fourth-order valence-electron chi connectivity index (χ4n) is 2.24. The molecule has 0 spiro atoms. The summed E-state index contributed by atoms with van der Waals surface area (Å²) in [4.78, 5) is 3.13. The molecule has 1 unspecified atom stereocenters. The quantitative estimate of drug-likeness (QED) is 0.795. The van der Waals surface area contributed by atoms with Crippen LogP contribution in [0.25, 0.3) is 0 Å². The van der Waals surface area contributed by atoms with Gasteiger partial charge in [0.1, 0.15) is 0 Å². The average Bonchev–Trinajstić information content (AvgIpc) is 2.77. The van der Waals surface area contributed by atoms with Crippen LogP contribution in [0.1, 0.15) is 37.4 Å². The molecule has 2 aromatic rings. The first-order chi connectivity index (χ1) is 8.72. The predicted molar refractivity (Wildman–Crippen MR) is 78.5 cm³/mol. The Labute approximate surface area is 114 Å². The smallest absolute Gasteiger partial charge is 0.177 e. The largest absolute Gasteiger partial charge is 0.337 e. The van der Waals surface area contributed by atoms with E-state index < -0.39 is 0 Å². The average molecular weight is 260 g/mol. The maximum absolute atomic E-state index is 5.32. The first-order valence-electron chi connectivity index (χ1n) is 6.54. The van der Waals surface area contributed by atoms with Gasteiger partial charge in [-0.1, -0.05) is 44.2 Å². The molecule has 0 fully saturated rings. The van der Waals surface area contributed by atoms with Crippen molar-refractivity contribution in [3.05, 3.63) is 52.6 Å². The van der Waals surface area contributed by atoms with Crippen molar-refractivity contribution in [2.24, 2.45) is 0 Å². The Morgan fingerprint density at radius 3 is 2.67 bits per heavy atom. The predicted octanol–water partition coefficient (Wildman–Crippen LogP) is 4.30. The van der Waals surface area contributed by atoms with Crippen LogP contribution < -0.4 is 0 Å². The Bertz CT molecular complexity index is 539. The molecule has 2 rings (SSSR count). The third-order valence-electron chi connectivity index (χ3n) is 3.47. The van der Waals surface area contributed by atoms with Crippen LogP contribution in [-0.4, -0.2) is 9.55 Å². The molecule has 0 saturated heterocycles. The van der Waals surface area contributed by atoms with Crippen LogP contribution in [0.3, 0.4) is 0 Å². The molecule has 18 heavy (non-hydrogen) atoms. The van der Waals surface area contributed by atoms with Gasteiger partial charge in [0.25, 0.3) is 0 Å². The number of aromatic nitrogens is 2. The summed E-state index contributed by atoms with van der Waals surface area (Å²) in [7, 11) is 0. The van der Waals surface area contributed by atoms with Gasteiger partial charge in [-0.2, -0.15) is 0 Å². The number of benzene rings is 1. The molecular weight excluding hydrogens is 240 g/mol. The molecule has 0 radical (unpaired) electrons. The summed E-state index contributed by atoms with van der Waals surface area (Å²) in [5, 5.41) is 0. The third kappa shape index (κ3) is 2.91. The topological polar surface area (TPSA) is 20.7 Å². The molecule has 1 aromatic heterocycles. The van der Waals surface area contributed by atoms with Crippen LogP contribution in [0.2, 0.25) is 0 Å². The summed E-state index contributed by atoms with van der Waals surface area (Å²) in [6.07, 6.45) is 4.16. The Morgan fingerprint density at radius 1 is 1.28 bits per heavy atom. The Hall–Kier alpha value is -1.35. The number of H-pyrrole nitrogens is 1. The van der Waals surface area contributed by atoms with E-state index in [1.807, 2.05) is 6.20 Å². The molecule has 3 heteroatoms. The molecule has 0 bridgehead atoms. The minimum absolute atomic E-state index is 0.563. The zero-order valence-electron chi connectivity index (χ0n) is 11.0. The minimum Gasteiger partial charge on any atom is -0.337 e. The number of imidazole rings is 1. The highest BCUT2D eigenvalue weighted by atomic mass is 32.1. The zero-order valence-corrected chi connectivity index (χ0v) is 11.8. The summed E-state index contributed by atoms with van der Waals surface area (Å²) in [5.74, 6) is 0.563. The van der Waals surface area contributed by atoms with Crippen LogP contribution in [0, 0.1) is 4.77 Å². The monoisotopic (exact) mass is 260 g/mol. The van der Waals surface area contributed by atoms with E-state index in [0.29, 0.717) is 5.92 Å². The Morgan fingerprint density at radius 2 is 2.00 bits per heavy atom. The molecule has 1 N–H and O–H groups in total. The van der Waals surface area contributed by atoms with Gasteiger partial charge in [0.15, 0.2) is 4.77 Å². The number of hydrogen-bond acceptors (Lipinski definition) is 1. The normalized spacial score (nSPS) is 12.6. The molecule has 0 aliphatic carbocycles. The maximum Gasteiger partial charge on any atom is 0.177 e. The van der Waals surface area contributed by atoms with Gasteiger partial charge in [-0.25, -0.2) is 0 Å². The fourth-order valence-corrected chi connectivity index (χ4v) is 2.51. The van der Waals surface area contributed by atoms with Gasteiger partial charge in [-0.15, -0.1) is 0 Å². The van der Waals surface area contributed by atoms with Crippen molar-refractivity contribution >= 4 is 12.2 Å². The van der Waals surface area contributed by atoms with Crippen molar-refractivity contribution in [3.8, 4) is 0 Å². The van der Waals surface area contributed by atoms with E-state index in [0.717, 1.165) is 24.2 Å². The second kappa shape index (κ2) is 6.01. The van der Waals surface area contributed by atoms with E-state index in [1.165, 1.54) is 11.3 Å². The number of aromatic amines is 1. The van der Waals surface area contributed by atoms with Crippen LogP contribution in [0.5, 0.6) is 0 Å². The first-order valence-corrected chi connectivity index (χ1v) is 6.95. The van der Waals surface area contributed by atoms with Gasteiger partial charge >= 0.3 is 0 Å². The number of nitrogens with zero attached hydrogens (tertiary/aromatic N) is 1. The van der Waals surface area contributed by atoms with Gasteiger partial charge in [-0.05, 0) is 36.5 Å². The van der Waals surface area contributed by atoms with E-state index >= 15 is 0 Å². The van der Waals surface area contributed by atoms with E-state index in [2.05, 4.69) is 53.7 Å². The lowest BCUT2D eigenvalue weighted by atomic mass is 9.98. The van der Waals surface area contributed by atoms with Crippen molar-refractivity contribution in [1.82, 2.24) is 9.55 Å². The summed E-state index contributed by atoms with van der Waals surface area (Å²) in [6.45, 7) is 5.42. The molecule has 0 aliphatic rings. The number of nitrogens with one attached hydrogen (secondary N) is 1. The van der Waals surface area contributed by atoms with Gasteiger partial charge < -0.3 is 9.55 Å². The van der Waals surface area contributed by atoms with Gasteiger partial charge in [0, 0.05) is 18.4 Å². The van der Waals surface area contributed by atoms with Crippen LogP contribution in [0.15, 0.2) is 36.5 Å². The Kier molecular flexibility index (Phi) is 4.37. The summed E-state index contributed by atoms with van der Waals surface area (Å²) < 4.78 is 3.06. The highest BCUT2D eigenvalue weighted by Crippen LogP contribution is 2.19. The van der Waals surface area contributed by atoms with E-state index in [4.69, 9.17) is 12.2 Å². The van der Waals surface area contributed by atoms with E-state index in [1.54, 1.807) is 0 Å².